The van der Waals surface area contributed by atoms with Crippen LogP contribution in [0.1, 0.15) is 10.4 Å². The molecule has 0 atom stereocenters. The maximum Gasteiger partial charge on any atom is 0.238 e. The van der Waals surface area contributed by atoms with Gasteiger partial charge in [-0.05, 0) is 59.4 Å². The van der Waals surface area contributed by atoms with Crippen molar-refractivity contribution < 1.29 is 4.79 Å². The molecule has 1 N–H and O–H groups in total. The van der Waals surface area contributed by atoms with Gasteiger partial charge in [0.05, 0.1) is 22.0 Å². The summed E-state index contributed by atoms with van der Waals surface area (Å²) in [5.41, 5.74) is 1.28. The topological polar surface area (TPSA) is 56.1 Å². The number of anilines is 1. The Labute approximate surface area is 136 Å². The summed E-state index contributed by atoms with van der Waals surface area (Å²) in [6.07, 6.45) is 0. The molecule has 0 unspecified atom stereocenters. The molecule has 4 nitrogen and oxygen atoms in total. The zero-order valence-electron chi connectivity index (χ0n) is 11.5. The van der Waals surface area contributed by atoms with Crippen molar-refractivity contribution in [2.24, 2.45) is 0 Å². The minimum Gasteiger partial charge on any atom is -0.325 e. The molecule has 0 saturated carbocycles. The van der Waals surface area contributed by atoms with Crippen LogP contribution in [0.25, 0.3) is 0 Å². The van der Waals surface area contributed by atoms with Crippen molar-refractivity contribution in [1.29, 1.82) is 5.26 Å². The highest BCUT2D eigenvalue weighted by atomic mass is 79.9. The Balaban J connectivity index is 1.84. The van der Waals surface area contributed by atoms with Crippen molar-refractivity contribution in [2.45, 2.75) is 6.54 Å². The normalized spacial score (nSPS) is 10.4. The minimum absolute atomic E-state index is 0.0715. The SMILES string of the molecule is CN(CC(=O)Nc1ccc(C#N)cc1)Cc1ccc(Br)s1. The fourth-order valence-electron chi connectivity index (χ4n) is 1.83. The fourth-order valence-corrected chi connectivity index (χ4v) is 3.40. The predicted octanol–water partition coefficient (Wildman–Crippen LogP) is 3.45. The summed E-state index contributed by atoms with van der Waals surface area (Å²) in [6.45, 7) is 1.05. The van der Waals surface area contributed by atoms with Crippen LogP contribution in [0.2, 0.25) is 0 Å². The Kier molecular flexibility index (Phi) is 5.51. The largest absolute Gasteiger partial charge is 0.325 e. The zero-order valence-corrected chi connectivity index (χ0v) is 13.9. The number of likely N-dealkylation sites (N-methyl/N-ethyl adjacent to an activating group) is 1. The standard InChI is InChI=1S/C15H14BrN3OS/c1-19(9-13-6-7-14(16)21-13)10-15(20)18-12-4-2-11(8-17)3-5-12/h2-7H,9-10H2,1H3,(H,18,20). The van der Waals surface area contributed by atoms with Crippen LogP contribution in [0.3, 0.4) is 0 Å². The number of halogens is 1. The van der Waals surface area contributed by atoms with E-state index in [0.717, 1.165) is 10.3 Å². The minimum atomic E-state index is -0.0715. The zero-order chi connectivity index (χ0) is 15.2. The van der Waals surface area contributed by atoms with Crippen LogP contribution < -0.4 is 5.32 Å². The van der Waals surface area contributed by atoms with E-state index in [1.54, 1.807) is 35.6 Å². The highest BCUT2D eigenvalue weighted by Crippen LogP contribution is 2.22. The number of benzene rings is 1. The van der Waals surface area contributed by atoms with E-state index < -0.39 is 0 Å². The quantitative estimate of drug-likeness (QED) is 0.884. The molecule has 0 saturated heterocycles. The lowest BCUT2D eigenvalue weighted by Gasteiger charge is -2.15. The number of thiophene rings is 1. The van der Waals surface area contributed by atoms with Crippen molar-refractivity contribution in [1.82, 2.24) is 4.90 Å². The third-order valence-electron chi connectivity index (χ3n) is 2.77. The van der Waals surface area contributed by atoms with E-state index in [0.29, 0.717) is 17.8 Å². The van der Waals surface area contributed by atoms with Crippen LogP contribution in [0.5, 0.6) is 0 Å². The van der Waals surface area contributed by atoms with E-state index in [-0.39, 0.29) is 5.91 Å². The van der Waals surface area contributed by atoms with Gasteiger partial charge in [-0.3, -0.25) is 9.69 Å². The number of rotatable bonds is 5. The number of hydrogen-bond acceptors (Lipinski definition) is 4. The molecule has 0 bridgehead atoms. The average Bonchev–Trinajstić information content (AvgIpc) is 2.84. The highest BCUT2D eigenvalue weighted by molar-refractivity contribution is 9.11. The first kappa shape index (κ1) is 15.7. The third-order valence-corrected chi connectivity index (χ3v) is 4.37. The monoisotopic (exact) mass is 363 g/mol. The van der Waals surface area contributed by atoms with Crippen LogP contribution in [-0.2, 0) is 11.3 Å². The summed E-state index contributed by atoms with van der Waals surface area (Å²) in [6, 6.07) is 12.9. The maximum atomic E-state index is 11.9. The molecule has 0 spiro atoms. The second-order valence-corrected chi connectivity index (χ2v) is 7.16. The summed E-state index contributed by atoms with van der Waals surface area (Å²) >= 11 is 5.09. The van der Waals surface area contributed by atoms with E-state index in [9.17, 15) is 4.79 Å². The van der Waals surface area contributed by atoms with Gasteiger partial charge in [0.1, 0.15) is 0 Å². The van der Waals surface area contributed by atoms with E-state index in [1.807, 2.05) is 30.1 Å². The molecule has 1 heterocycles. The maximum absolute atomic E-state index is 11.9. The van der Waals surface area contributed by atoms with Crippen LogP contribution in [-0.4, -0.2) is 24.4 Å². The molecular weight excluding hydrogens is 350 g/mol. The van der Waals surface area contributed by atoms with Gasteiger partial charge in [0.2, 0.25) is 5.91 Å². The van der Waals surface area contributed by atoms with Gasteiger partial charge in [0, 0.05) is 17.1 Å². The number of amides is 1. The molecule has 2 rings (SSSR count). The number of carbonyl (C=O) groups is 1. The van der Waals surface area contributed by atoms with E-state index >= 15 is 0 Å². The molecule has 6 heteroatoms. The number of nitriles is 1. The molecule has 0 aliphatic heterocycles. The molecule has 0 aliphatic rings. The number of nitrogens with one attached hydrogen (secondary N) is 1. The fraction of sp³-hybridized carbons (Fsp3) is 0.200. The van der Waals surface area contributed by atoms with Crippen molar-refractivity contribution >= 4 is 38.9 Å². The molecule has 0 fully saturated rings. The number of carbonyl (C=O) groups excluding carboxylic acids is 1. The first-order valence-electron chi connectivity index (χ1n) is 6.29. The highest BCUT2D eigenvalue weighted by Gasteiger charge is 2.08. The lowest BCUT2D eigenvalue weighted by Crippen LogP contribution is -2.29. The first-order chi connectivity index (χ1) is 10.1. The summed E-state index contributed by atoms with van der Waals surface area (Å²) in [5.74, 6) is -0.0715. The Hall–Kier alpha value is -1.68. The average molecular weight is 364 g/mol. The van der Waals surface area contributed by atoms with Crippen molar-refractivity contribution in [3.63, 3.8) is 0 Å². The van der Waals surface area contributed by atoms with Gasteiger partial charge >= 0.3 is 0 Å². The lowest BCUT2D eigenvalue weighted by molar-refractivity contribution is -0.117. The first-order valence-corrected chi connectivity index (χ1v) is 7.90. The Morgan fingerprint density at radius 1 is 1.33 bits per heavy atom. The van der Waals surface area contributed by atoms with Crippen LogP contribution >= 0.6 is 27.3 Å². The van der Waals surface area contributed by atoms with Gasteiger partial charge in [0.25, 0.3) is 0 Å². The molecule has 1 aromatic heterocycles. The van der Waals surface area contributed by atoms with Gasteiger partial charge in [-0.25, -0.2) is 0 Å². The van der Waals surface area contributed by atoms with Gasteiger partial charge in [-0.15, -0.1) is 11.3 Å². The summed E-state index contributed by atoms with van der Waals surface area (Å²) < 4.78 is 1.09. The van der Waals surface area contributed by atoms with E-state index in [2.05, 4.69) is 21.2 Å². The third kappa shape index (κ3) is 4.97. The van der Waals surface area contributed by atoms with Crippen molar-refractivity contribution in [3.05, 3.63) is 50.6 Å². The second-order valence-electron chi connectivity index (χ2n) is 4.62. The van der Waals surface area contributed by atoms with Crippen molar-refractivity contribution in [3.8, 4) is 6.07 Å². The van der Waals surface area contributed by atoms with Gasteiger partial charge in [-0.1, -0.05) is 0 Å². The summed E-state index contributed by atoms with van der Waals surface area (Å²) in [5, 5.41) is 11.5. The predicted molar refractivity (Wildman–Crippen MR) is 88.1 cm³/mol. The smallest absolute Gasteiger partial charge is 0.238 e. The summed E-state index contributed by atoms with van der Waals surface area (Å²) in [4.78, 5) is 15.1. The lowest BCUT2D eigenvalue weighted by atomic mass is 10.2. The van der Waals surface area contributed by atoms with E-state index in [1.165, 1.54) is 4.88 Å². The molecule has 0 aliphatic carbocycles. The molecule has 0 radical (unpaired) electrons. The van der Waals surface area contributed by atoms with Gasteiger partial charge in [0.15, 0.2) is 0 Å². The molecule has 108 valence electrons. The molecule has 2 aromatic rings. The molecule has 1 aromatic carbocycles. The van der Waals surface area contributed by atoms with Crippen LogP contribution in [0.4, 0.5) is 5.69 Å². The molecule has 1 amide bonds. The molecule has 21 heavy (non-hydrogen) atoms. The van der Waals surface area contributed by atoms with Gasteiger partial charge < -0.3 is 5.32 Å². The summed E-state index contributed by atoms with van der Waals surface area (Å²) in [7, 11) is 1.91. The number of nitrogens with zero attached hydrogens (tertiary/aromatic N) is 2. The Morgan fingerprint density at radius 3 is 2.62 bits per heavy atom. The van der Waals surface area contributed by atoms with Gasteiger partial charge in [-0.2, -0.15) is 5.26 Å². The molecular formula is C15H14BrN3OS. The number of hydrogen-bond donors (Lipinski definition) is 1. The Morgan fingerprint density at radius 2 is 2.05 bits per heavy atom. The van der Waals surface area contributed by atoms with Crippen LogP contribution in [0, 0.1) is 11.3 Å². The second kappa shape index (κ2) is 7.36. The van der Waals surface area contributed by atoms with E-state index in [4.69, 9.17) is 5.26 Å². The van der Waals surface area contributed by atoms with Crippen LogP contribution in [0.15, 0.2) is 40.2 Å². The Bertz CT molecular complexity index is 660. The van der Waals surface area contributed by atoms with Crippen molar-refractivity contribution in [2.75, 3.05) is 18.9 Å².